The Bertz CT molecular complexity index is 217. The van der Waals surface area contributed by atoms with Gasteiger partial charge >= 0.3 is 0 Å². The molecule has 1 aliphatic rings. The van der Waals surface area contributed by atoms with Crippen molar-refractivity contribution in [3.63, 3.8) is 0 Å². The van der Waals surface area contributed by atoms with Gasteiger partial charge in [0.05, 0.1) is 19.8 Å². The highest BCUT2D eigenvalue weighted by Crippen LogP contribution is 2.15. The zero-order valence-corrected chi connectivity index (χ0v) is 12.1. The Labute approximate surface area is 111 Å². The second kappa shape index (κ2) is 8.10. The quantitative estimate of drug-likeness (QED) is 0.617. The lowest BCUT2D eigenvalue weighted by Gasteiger charge is -2.31. The van der Waals surface area contributed by atoms with Gasteiger partial charge in [0.2, 0.25) is 0 Å². The van der Waals surface area contributed by atoms with Gasteiger partial charge < -0.3 is 19.9 Å². The van der Waals surface area contributed by atoms with Gasteiger partial charge in [-0.3, -0.25) is 0 Å². The molecule has 2 N–H and O–H groups in total. The first-order valence-electron chi connectivity index (χ1n) is 7.10. The van der Waals surface area contributed by atoms with Crippen LogP contribution in [0.2, 0.25) is 0 Å². The minimum absolute atomic E-state index is 0.168. The smallest absolute Gasteiger partial charge is 0.0610 e. The average Bonchev–Trinajstić information content (AvgIpc) is 2.80. The highest BCUT2D eigenvalue weighted by Gasteiger charge is 2.23. The Balaban J connectivity index is 2.07. The van der Waals surface area contributed by atoms with Gasteiger partial charge in [-0.05, 0) is 26.2 Å². The molecule has 0 saturated carbocycles. The first kappa shape index (κ1) is 15.9. The molecule has 2 atom stereocenters. The van der Waals surface area contributed by atoms with E-state index in [2.05, 4.69) is 26.1 Å². The molecule has 1 fully saturated rings. The van der Waals surface area contributed by atoms with E-state index >= 15 is 0 Å². The van der Waals surface area contributed by atoms with Gasteiger partial charge in [0, 0.05) is 30.7 Å². The molecule has 18 heavy (non-hydrogen) atoms. The molecule has 4 nitrogen and oxygen atoms in total. The molecule has 0 radical (unpaired) electrons. The highest BCUT2D eigenvalue weighted by atomic mass is 16.5. The standard InChI is InChI=1S/C14H29NO3/c1-12(2)15-14(3,11-16)6-4-7-17-9-13-5-8-18-10-13/h12-13,15-16H,4-11H2,1-3H3. The van der Waals surface area contributed by atoms with Crippen LogP contribution in [-0.4, -0.2) is 49.7 Å². The van der Waals surface area contributed by atoms with E-state index in [1.807, 2.05) is 0 Å². The Morgan fingerprint density at radius 3 is 2.83 bits per heavy atom. The van der Waals surface area contributed by atoms with Gasteiger partial charge in [-0.25, -0.2) is 0 Å². The second-order valence-corrected chi connectivity index (χ2v) is 5.93. The second-order valence-electron chi connectivity index (χ2n) is 5.93. The van der Waals surface area contributed by atoms with Crippen molar-refractivity contribution in [2.75, 3.05) is 33.0 Å². The zero-order chi connectivity index (χ0) is 13.4. The molecular formula is C14H29NO3. The van der Waals surface area contributed by atoms with E-state index in [1.54, 1.807) is 0 Å². The van der Waals surface area contributed by atoms with E-state index in [9.17, 15) is 5.11 Å². The first-order valence-corrected chi connectivity index (χ1v) is 7.10. The number of rotatable bonds is 9. The van der Waals surface area contributed by atoms with E-state index in [0.29, 0.717) is 12.0 Å². The molecule has 0 aromatic heterocycles. The van der Waals surface area contributed by atoms with Gasteiger partial charge in [-0.1, -0.05) is 13.8 Å². The van der Waals surface area contributed by atoms with Crippen LogP contribution < -0.4 is 5.32 Å². The summed E-state index contributed by atoms with van der Waals surface area (Å²) in [5, 5.41) is 12.9. The summed E-state index contributed by atoms with van der Waals surface area (Å²) in [6.45, 7) is 9.76. The predicted molar refractivity (Wildman–Crippen MR) is 72.7 cm³/mol. The number of aliphatic hydroxyl groups is 1. The molecule has 1 saturated heterocycles. The van der Waals surface area contributed by atoms with Crippen LogP contribution >= 0.6 is 0 Å². The molecule has 2 unspecified atom stereocenters. The van der Waals surface area contributed by atoms with Gasteiger partial charge in [0.25, 0.3) is 0 Å². The SMILES string of the molecule is CC(C)NC(C)(CO)CCCOCC1CCOC1. The molecule has 0 aliphatic carbocycles. The molecule has 0 aromatic carbocycles. The summed E-state index contributed by atoms with van der Waals surface area (Å²) in [4.78, 5) is 0. The normalized spacial score (nSPS) is 23.5. The van der Waals surface area contributed by atoms with E-state index in [-0.39, 0.29) is 12.1 Å². The third-order valence-electron chi connectivity index (χ3n) is 3.38. The summed E-state index contributed by atoms with van der Waals surface area (Å²) in [5.74, 6) is 0.586. The summed E-state index contributed by atoms with van der Waals surface area (Å²) in [7, 11) is 0. The molecule has 4 heteroatoms. The van der Waals surface area contributed by atoms with E-state index in [4.69, 9.17) is 9.47 Å². The topological polar surface area (TPSA) is 50.7 Å². The monoisotopic (exact) mass is 259 g/mol. The van der Waals surface area contributed by atoms with Crippen LogP contribution in [0.25, 0.3) is 0 Å². The van der Waals surface area contributed by atoms with Crippen molar-refractivity contribution < 1.29 is 14.6 Å². The number of hydrogen-bond acceptors (Lipinski definition) is 4. The highest BCUT2D eigenvalue weighted by molar-refractivity contribution is 4.83. The first-order chi connectivity index (χ1) is 8.56. The van der Waals surface area contributed by atoms with Gasteiger partial charge in [-0.2, -0.15) is 0 Å². The zero-order valence-electron chi connectivity index (χ0n) is 12.1. The molecule has 108 valence electrons. The van der Waals surface area contributed by atoms with E-state index in [0.717, 1.165) is 45.7 Å². The predicted octanol–water partition coefficient (Wildman–Crippen LogP) is 1.57. The Morgan fingerprint density at radius 1 is 1.50 bits per heavy atom. The lowest BCUT2D eigenvalue weighted by Crippen LogP contribution is -2.49. The maximum absolute atomic E-state index is 9.44. The van der Waals surface area contributed by atoms with Gasteiger partial charge in [-0.15, -0.1) is 0 Å². The maximum atomic E-state index is 9.44. The van der Waals surface area contributed by atoms with E-state index < -0.39 is 0 Å². The Hall–Kier alpha value is -0.160. The number of ether oxygens (including phenoxy) is 2. The molecular weight excluding hydrogens is 230 g/mol. The van der Waals surface area contributed by atoms with Crippen molar-refractivity contribution in [3.8, 4) is 0 Å². The van der Waals surface area contributed by atoms with Crippen LogP contribution in [-0.2, 0) is 9.47 Å². The summed E-state index contributed by atoms with van der Waals surface area (Å²) in [5.41, 5.74) is -0.187. The average molecular weight is 259 g/mol. The third kappa shape index (κ3) is 6.14. The lowest BCUT2D eigenvalue weighted by atomic mass is 9.96. The molecule has 0 spiro atoms. The van der Waals surface area contributed by atoms with Gasteiger partial charge in [0.15, 0.2) is 0 Å². The number of nitrogens with one attached hydrogen (secondary N) is 1. The van der Waals surface area contributed by atoms with Crippen molar-refractivity contribution in [3.05, 3.63) is 0 Å². The fourth-order valence-corrected chi connectivity index (χ4v) is 2.42. The van der Waals surface area contributed by atoms with Crippen molar-refractivity contribution in [2.24, 2.45) is 5.92 Å². The number of aliphatic hydroxyl groups excluding tert-OH is 1. The van der Waals surface area contributed by atoms with Crippen molar-refractivity contribution in [2.45, 2.75) is 51.6 Å². The summed E-state index contributed by atoms with van der Waals surface area (Å²) < 4.78 is 11.0. The van der Waals surface area contributed by atoms with E-state index in [1.165, 1.54) is 0 Å². The van der Waals surface area contributed by atoms with Crippen molar-refractivity contribution in [1.82, 2.24) is 5.32 Å². The van der Waals surface area contributed by atoms with Crippen LogP contribution in [0.5, 0.6) is 0 Å². The third-order valence-corrected chi connectivity index (χ3v) is 3.38. The van der Waals surface area contributed by atoms with Crippen molar-refractivity contribution in [1.29, 1.82) is 0 Å². The van der Waals surface area contributed by atoms with Crippen LogP contribution in [0, 0.1) is 5.92 Å². The molecule has 0 bridgehead atoms. The fourth-order valence-electron chi connectivity index (χ4n) is 2.42. The molecule has 1 rings (SSSR count). The fraction of sp³-hybridized carbons (Fsp3) is 1.00. The van der Waals surface area contributed by atoms with Gasteiger partial charge in [0.1, 0.15) is 0 Å². The largest absolute Gasteiger partial charge is 0.394 e. The van der Waals surface area contributed by atoms with Crippen LogP contribution in [0.15, 0.2) is 0 Å². The minimum atomic E-state index is -0.187. The molecule has 0 aromatic rings. The lowest BCUT2D eigenvalue weighted by molar-refractivity contribution is 0.0773. The van der Waals surface area contributed by atoms with Crippen LogP contribution in [0.3, 0.4) is 0 Å². The van der Waals surface area contributed by atoms with Crippen molar-refractivity contribution >= 4 is 0 Å². The van der Waals surface area contributed by atoms with Crippen LogP contribution in [0.4, 0.5) is 0 Å². The molecule has 1 aliphatic heterocycles. The minimum Gasteiger partial charge on any atom is -0.394 e. The number of hydrogen-bond donors (Lipinski definition) is 2. The van der Waals surface area contributed by atoms with Crippen LogP contribution in [0.1, 0.15) is 40.0 Å². The Kier molecular flexibility index (Phi) is 7.15. The summed E-state index contributed by atoms with van der Waals surface area (Å²) in [6.07, 6.45) is 3.04. The summed E-state index contributed by atoms with van der Waals surface area (Å²) >= 11 is 0. The molecule has 1 heterocycles. The Morgan fingerprint density at radius 2 is 2.28 bits per heavy atom. The molecule has 0 amide bonds. The summed E-state index contributed by atoms with van der Waals surface area (Å²) in [6, 6.07) is 0.388. The maximum Gasteiger partial charge on any atom is 0.0610 e.